The van der Waals surface area contributed by atoms with E-state index in [1.165, 1.54) is 22.9 Å². The van der Waals surface area contributed by atoms with Gasteiger partial charge in [-0.1, -0.05) is 13.8 Å². The molecule has 68 valence electrons. The van der Waals surface area contributed by atoms with Crippen LogP contribution in [0.4, 0.5) is 0 Å². The average Bonchev–Trinajstić information content (AvgIpc) is 2.50. The molecule has 0 aliphatic heterocycles. The van der Waals surface area contributed by atoms with Gasteiger partial charge < -0.3 is 0 Å². The van der Waals surface area contributed by atoms with Crippen molar-refractivity contribution in [3.63, 3.8) is 0 Å². The SMILES string of the molecule is CCCc1nc(CSCC)cs1. The van der Waals surface area contributed by atoms with Gasteiger partial charge in [-0.05, 0) is 18.6 Å². The zero-order valence-corrected chi connectivity index (χ0v) is 9.30. The van der Waals surface area contributed by atoms with Crippen molar-refractivity contribution in [3.8, 4) is 0 Å². The van der Waals surface area contributed by atoms with Crippen molar-refractivity contribution in [1.29, 1.82) is 0 Å². The van der Waals surface area contributed by atoms with Crippen molar-refractivity contribution in [1.82, 2.24) is 4.98 Å². The van der Waals surface area contributed by atoms with Crippen LogP contribution in [-0.4, -0.2) is 10.7 Å². The van der Waals surface area contributed by atoms with Crippen molar-refractivity contribution in [2.45, 2.75) is 32.4 Å². The van der Waals surface area contributed by atoms with E-state index in [1.807, 2.05) is 11.8 Å². The zero-order valence-electron chi connectivity index (χ0n) is 7.67. The van der Waals surface area contributed by atoms with E-state index in [9.17, 15) is 0 Å². The molecule has 0 N–H and O–H groups in total. The Morgan fingerprint density at radius 1 is 1.50 bits per heavy atom. The van der Waals surface area contributed by atoms with Crippen LogP contribution in [0.25, 0.3) is 0 Å². The second-order valence-electron chi connectivity index (χ2n) is 2.62. The molecule has 0 aromatic carbocycles. The first-order valence-corrected chi connectivity index (χ1v) is 6.41. The Labute approximate surface area is 82.6 Å². The van der Waals surface area contributed by atoms with Gasteiger partial charge in [0.05, 0.1) is 10.7 Å². The third-order valence-electron chi connectivity index (χ3n) is 1.52. The van der Waals surface area contributed by atoms with E-state index in [0.29, 0.717) is 0 Å². The van der Waals surface area contributed by atoms with E-state index < -0.39 is 0 Å². The summed E-state index contributed by atoms with van der Waals surface area (Å²) in [5.41, 5.74) is 1.26. The molecule has 12 heavy (non-hydrogen) atoms. The number of aryl methyl sites for hydroxylation is 1. The number of thioether (sulfide) groups is 1. The van der Waals surface area contributed by atoms with E-state index in [2.05, 4.69) is 24.2 Å². The minimum absolute atomic E-state index is 1.08. The van der Waals surface area contributed by atoms with Gasteiger partial charge >= 0.3 is 0 Å². The first kappa shape index (κ1) is 10.1. The van der Waals surface area contributed by atoms with E-state index in [4.69, 9.17) is 0 Å². The molecule has 1 nitrogen and oxygen atoms in total. The van der Waals surface area contributed by atoms with E-state index >= 15 is 0 Å². The molecule has 3 heteroatoms. The summed E-state index contributed by atoms with van der Waals surface area (Å²) in [6, 6.07) is 0. The third kappa shape index (κ3) is 3.15. The predicted octanol–water partition coefficient (Wildman–Crippen LogP) is 3.35. The molecular formula is C9H15NS2. The molecule has 1 aromatic heterocycles. The molecule has 0 fully saturated rings. The lowest BCUT2D eigenvalue weighted by Crippen LogP contribution is -1.84. The number of nitrogens with zero attached hydrogens (tertiary/aromatic N) is 1. The fourth-order valence-corrected chi connectivity index (χ4v) is 2.52. The van der Waals surface area contributed by atoms with Crippen LogP contribution >= 0.6 is 23.1 Å². The average molecular weight is 201 g/mol. The van der Waals surface area contributed by atoms with Crippen molar-refractivity contribution < 1.29 is 0 Å². The van der Waals surface area contributed by atoms with Crippen LogP contribution in [-0.2, 0) is 12.2 Å². The van der Waals surface area contributed by atoms with E-state index in [0.717, 1.165) is 12.2 Å². The topological polar surface area (TPSA) is 12.9 Å². The summed E-state index contributed by atoms with van der Waals surface area (Å²) < 4.78 is 0. The summed E-state index contributed by atoms with van der Waals surface area (Å²) in [5, 5.41) is 3.48. The molecule has 0 amide bonds. The standard InChI is InChI=1S/C9H15NS2/c1-3-5-9-10-8(7-12-9)6-11-4-2/h7H,3-6H2,1-2H3. The summed E-state index contributed by atoms with van der Waals surface area (Å²) in [5.74, 6) is 2.26. The highest BCUT2D eigenvalue weighted by atomic mass is 32.2. The lowest BCUT2D eigenvalue weighted by Gasteiger charge is -1.92. The minimum Gasteiger partial charge on any atom is -0.245 e. The second kappa shape index (κ2) is 5.60. The van der Waals surface area contributed by atoms with Crippen LogP contribution in [0.15, 0.2) is 5.38 Å². The first-order valence-electron chi connectivity index (χ1n) is 4.37. The van der Waals surface area contributed by atoms with Gasteiger partial charge in [-0.15, -0.1) is 11.3 Å². The van der Waals surface area contributed by atoms with Crippen LogP contribution in [0.2, 0.25) is 0 Å². The third-order valence-corrected chi connectivity index (χ3v) is 3.38. The molecule has 1 heterocycles. The number of hydrogen-bond acceptors (Lipinski definition) is 3. The summed E-state index contributed by atoms with van der Waals surface area (Å²) in [6.07, 6.45) is 2.34. The molecule has 0 saturated heterocycles. The van der Waals surface area contributed by atoms with Crippen molar-refractivity contribution in [2.75, 3.05) is 5.75 Å². The first-order chi connectivity index (χ1) is 5.86. The minimum atomic E-state index is 1.08. The molecule has 0 atom stereocenters. The number of thiazole rings is 1. The van der Waals surface area contributed by atoms with Crippen LogP contribution in [0, 0.1) is 0 Å². The smallest absolute Gasteiger partial charge is 0.0928 e. The van der Waals surface area contributed by atoms with Gasteiger partial charge in [0.2, 0.25) is 0 Å². The highest BCUT2D eigenvalue weighted by Gasteiger charge is 1.99. The molecule has 1 aromatic rings. The number of aromatic nitrogens is 1. The van der Waals surface area contributed by atoms with Crippen LogP contribution < -0.4 is 0 Å². The molecule has 0 unspecified atom stereocenters. The summed E-state index contributed by atoms with van der Waals surface area (Å²) in [4.78, 5) is 4.54. The lowest BCUT2D eigenvalue weighted by molar-refractivity contribution is 0.902. The highest BCUT2D eigenvalue weighted by molar-refractivity contribution is 7.98. The maximum absolute atomic E-state index is 4.54. The van der Waals surface area contributed by atoms with Crippen molar-refractivity contribution in [2.24, 2.45) is 0 Å². The van der Waals surface area contributed by atoms with Crippen LogP contribution in [0.5, 0.6) is 0 Å². The Morgan fingerprint density at radius 2 is 2.33 bits per heavy atom. The normalized spacial score (nSPS) is 10.5. The summed E-state index contributed by atoms with van der Waals surface area (Å²) >= 11 is 3.74. The van der Waals surface area contributed by atoms with E-state index in [1.54, 1.807) is 11.3 Å². The zero-order chi connectivity index (χ0) is 8.81. The van der Waals surface area contributed by atoms with Gasteiger partial charge in [-0.25, -0.2) is 4.98 Å². The largest absolute Gasteiger partial charge is 0.245 e. The van der Waals surface area contributed by atoms with Gasteiger partial charge in [-0.2, -0.15) is 11.8 Å². The summed E-state index contributed by atoms with van der Waals surface area (Å²) in [6.45, 7) is 4.38. The lowest BCUT2D eigenvalue weighted by atomic mass is 10.3. The van der Waals surface area contributed by atoms with Gasteiger partial charge in [-0.3, -0.25) is 0 Å². The Kier molecular flexibility index (Phi) is 4.69. The van der Waals surface area contributed by atoms with Gasteiger partial charge in [0, 0.05) is 11.1 Å². The molecule has 0 aliphatic rings. The van der Waals surface area contributed by atoms with Crippen molar-refractivity contribution >= 4 is 23.1 Å². The second-order valence-corrected chi connectivity index (χ2v) is 4.84. The van der Waals surface area contributed by atoms with Crippen molar-refractivity contribution in [3.05, 3.63) is 16.1 Å². The molecular weight excluding hydrogens is 186 g/mol. The van der Waals surface area contributed by atoms with Crippen LogP contribution in [0.3, 0.4) is 0 Å². The highest BCUT2D eigenvalue weighted by Crippen LogP contribution is 2.16. The number of rotatable bonds is 5. The quantitative estimate of drug-likeness (QED) is 0.724. The summed E-state index contributed by atoms with van der Waals surface area (Å²) in [7, 11) is 0. The predicted molar refractivity (Wildman–Crippen MR) is 57.9 cm³/mol. The van der Waals surface area contributed by atoms with E-state index in [-0.39, 0.29) is 0 Å². The molecule has 0 aliphatic carbocycles. The fraction of sp³-hybridized carbons (Fsp3) is 0.667. The molecule has 0 radical (unpaired) electrons. The monoisotopic (exact) mass is 201 g/mol. The molecule has 1 rings (SSSR count). The van der Waals surface area contributed by atoms with Crippen LogP contribution in [0.1, 0.15) is 31.0 Å². The Balaban J connectivity index is 2.41. The number of hydrogen-bond donors (Lipinski definition) is 0. The molecule has 0 spiro atoms. The van der Waals surface area contributed by atoms with Gasteiger partial charge in [0.25, 0.3) is 0 Å². The fourth-order valence-electron chi connectivity index (χ4n) is 0.951. The van der Waals surface area contributed by atoms with Gasteiger partial charge in [0.1, 0.15) is 0 Å². The maximum Gasteiger partial charge on any atom is 0.0928 e. The molecule has 0 bridgehead atoms. The Morgan fingerprint density at radius 3 is 3.00 bits per heavy atom. The molecule has 0 saturated carbocycles. The maximum atomic E-state index is 4.54. The Bertz CT molecular complexity index is 220. The Hall–Kier alpha value is -0.0200. The van der Waals surface area contributed by atoms with Gasteiger partial charge in [0.15, 0.2) is 0 Å².